The van der Waals surface area contributed by atoms with Crippen molar-refractivity contribution in [2.24, 2.45) is 0 Å². The summed E-state index contributed by atoms with van der Waals surface area (Å²) in [6, 6.07) is 13.0. The number of carbonyl (C=O) groups is 2. The molecule has 0 saturated carbocycles. The van der Waals surface area contributed by atoms with Crippen LogP contribution in [0.4, 0.5) is 0 Å². The van der Waals surface area contributed by atoms with Crippen LogP contribution in [0.2, 0.25) is 0 Å². The predicted molar refractivity (Wildman–Crippen MR) is 113 cm³/mol. The number of rotatable bonds is 5. The Morgan fingerprint density at radius 2 is 1.97 bits per heavy atom. The van der Waals surface area contributed by atoms with Gasteiger partial charge in [-0.2, -0.15) is 0 Å². The maximum atomic E-state index is 12.4. The number of hydrogen-bond acceptors (Lipinski definition) is 6. The lowest BCUT2D eigenvalue weighted by atomic mass is 10.1. The summed E-state index contributed by atoms with van der Waals surface area (Å²) < 4.78 is 16.7. The van der Waals surface area contributed by atoms with Gasteiger partial charge in [-0.15, -0.1) is 0 Å². The van der Waals surface area contributed by atoms with E-state index in [-0.39, 0.29) is 23.0 Å². The van der Waals surface area contributed by atoms with Crippen LogP contribution >= 0.6 is 15.9 Å². The minimum absolute atomic E-state index is 0.0247. The van der Waals surface area contributed by atoms with E-state index in [1.807, 2.05) is 0 Å². The Kier molecular flexibility index (Phi) is 5.96. The highest BCUT2D eigenvalue weighted by Gasteiger charge is 2.19. The summed E-state index contributed by atoms with van der Waals surface area (Å²) in [6.07, 6.45) is 1.82. The number of ether oxygens (including phenoxy) is 2. The van der Waals surface area contributed by atoms with Crippen LogP contribution in [0.5, 0.6) is 5.75 Å². The Bertz CT molecular complexity index is 1170. The van der Waals surface area contributed by atoms with Crippen molar-refractivity contribution in [1.82, 2.24) is 5.32 Å². The normalized spacial score (nSPS) is 15.8. The van der Waals surface area contributed by atoms with Crippen molar-refractivity contribution in [2.45, 2.75) is 18.9 Å². The quantitative estimate of drug-likeness (QED) is 0.346. The van der Waals surface area contributed by atoms with Gasteiger partial charge in [0.2, 0.25) is 0 Å². The number of benzene rings is 2. The second-order valence-electron chi connectivity index (χ2n) is 6.86. The number of fused-ring (bicyclic) bond motifs is 1. The van der Waals surface area contributed by atoms with Crippen molar-refractivity contribution in [3.63, 3.8) is 0 Å². The fourth-order valence-corrected chi connectivity index (χ4v) is 3.66. The van der Waals surface area contributed by atoms with Gasteiger partial charge in [0.15, 0.2) is 0 Å². The molecule has 3 aromatic rings. The first-order chi connectivity index (χ1) is 14.5. The van der Waals surface area contributed by atoms with Crippen molar-refractivity contribution in [3.8, 4) is 5.75 Å². The van der Waals surface area contributed by atoms with E-state index in [0.29, 0.717) is 28.6 Å². The van der Waals surface area contributed by atoms with Crippen LogP contribution in [0.25, 0.3) is 11.0 Å². The molecule has 1 aliphatic heterocycles. The highest BCUT2D eigenvalue weighted by molar-refractivity contribution is 9.10. The minimum Gasteiger partial charge on any atom is -0.423 e. The summed E-state index contributed by atoms with van der Waals surface area (Å²) in [4.78, 5) is 37.0. The second kappa shape index (κ2) is 8.81. The molecule has 1 atom stereocenters. The summed E-state index contributed by atoms with van der Waals surface area (Å²) in [6.45, 7) is 1.03. The molecule has 0 aliphatic carbocycles. The molecule has 2 heterocycles. The Morgan fingerprint density at radius 3 is 2.73 bits per heavy atom. The smallest absolute Gasteiger partial charge is 0.349 e. The largest absolute Gasteiger partial charge is 0.423 e. The molecule has 0 radical (unpaired) electrons. The third-order valence-corrected chi connectivity index (χ3v) is 5.46. The molecule has 2 aromatic carbocycles. The Labute approximate surface area is 180 Å². The van der Waals surface area contributed by atoms with E-state index < -0.39 is 17.5 Å². The maximum Gasteiger partial charge on any atom is 0.349 e. The third kappa shape index (κ3) is 4.44. The minimum atomic E-state index is -0.762. The molecular weight excluding hydrogens is 454 g/mol. The van der Waals surface area contributed by atoms with Crippen LogP contribution in [0, 0.1) is 0 Å². The molecular formula is C22H18BrNO6. The first-order valence-corrected chi connectivity index (χ1v) is 10.2. The van der Waals surface area contributed by atoms with Gasteiger partial charge in [0.25, 0.3) is 5.91 Å². The summed E-state index contributed by atoms with van der Waals surface area (Å²) in [5, 5.41) is 3.25. The number of carbonyl (C=O) groups excluding carboxylic acids is 2. The van der Waals surface area contributed by atoms with Gasteiger partial charge in [-0.3, -0.25) is 4.79 Å². The lowest BCUT2D eigenvalue weighted by molar-refractivity contribution is 0.0733. The highest BCUT2D eigenvalue weighted by atomic mass is 79.9. The van der Waals surface area contributed by atoms with E-state index in [1.165, 1.54) is 12.1 Å². The van der Waals surface area contributed by atoms with E-state index >= 15 is 0 Å². The van der Waals surface area contributed by atoms with E-state index in [1.54, 1.807) is 36.4 Å². The zero-order valence-corrected chi connectivity index (χ0v) is 17.4. The number of halogens is 1. The first-order valence-electron chi connectivity index (χ1n) is 9.46. The lowest BCUT2D eigenvalue weighted by Crippen LogP contribution is -2.34. The van der Waals surface area contributed by atoms with Gasteiger partial charge < -0.3 is 19.2 Å². The molecule has 1 unspecified atom stereocenters. The van der Waals surface area contributed by atoms with Crippen LogP contribution < -0.4 is 15.7 Å². The Hall–Kier alpha value is -2.97. The van der Waals surface area contributed by atoms with Crippen LogP contribution in [-0.2, 0) is 4.74 Å². The van der Waals surface area contributed by atoms with E-state index in [2.05, 4.69) is 21.2 Å². The summed E-state index contributed by atoms with van der Waals surface area (Å²) in [5.41, 5.74) is -0.259. The molecule has 0 spiro atoms. The topological polar surface area (TPSA) is 94.8 Å². The summed E-state index contributed by atoms with van der Waals surface area (Å²) in [5.74, 6) is -0.832. The molecule has 1 amide bonds. The van der Waals surface area contributed by atoms with E-state index in [9.17, 15) is 14.4 Å². The Balaban J connectivity index is 1.52. The lowest BCUT2D eigenvalue weighted by Gasteiger charge is -2.10. The van der Waals surface area contributed by atoms with Gasteiger partial charge in [0.05, 0.1) is 11.7 Å². The molecule has 4 rings (SSSR count). The van der Waals surface area contributed by atoms with Crippen molar-refractivity contribution in [2.75, 3.05) is 13.2 Å². The fraction of sp³-hybridized carbons (Fsp3) is 0.227. The highest BCUT2D eigenvalue weighted by Crippen LogP contribution is 2.23. The van der Waals surface area contributed by atoms with Crippen molar-refractivity contribution < 1.29 is 23.5 Å². The molecule has 1 N–H and O–H groups in total. The summed E-state index contributed by atoms with van der Waals surface area (Å²) in [7, 11) is 0. The fourth-order valence-electron chi connectivity index (χ4n) is 3.21. The predicted octanol–water partition coefficient (Wildman–Crippen LogP) is 3.68. The van der Waals surface area contributed by atoms with Crippen LogP contribution in [-0.4, -0.2) is 31.1 Å². The molecule has 7 nitrogen and oxygen atoms in total. The molecule has 154 valence electrons. The van der Waals surface area contributed by atoms with E-state index in [0.717, 1.165) is 12.8 Å². The first kappa shape index (κ1) is 20.3. The second-order valence-corrected chi connectivity index (χ2v) is 7.72. The average Bonchev–Trinajstić information content (AvgIpc) is 3.25. The molecule has 0 bridgehead atoms. The molecule has 1 saturated heterocycles. The standard InChI is InChI=1S/C22H18BrNO6/c23-18-6-2-1-5-16(18)21(26)29-14-8-7-13-10-17(22(27)30-19(13)11-14)20(25)24-12-15-4-3-9-28-15/h1-2,5-8,10-11,15H,3-4,9,12H2,(H,24,25). The average molecular weight is 472 g/mol. The number of hydrogen-bond donors (Lipinski definition) is 1. The zero-order valence-electron chi connectivity index (χ0n) is 15.9. The SMILES string of the molecule is O=C(Oc1ccc2cc(C(=O)NCC3CCCO3)c(=O)oc2c1)c1ccccc1Br. The molecule has 1 aliphatic rings. The number of amides is 1. The van der Waals surface area contributed by atoms with Gasteiger partial charge in [-0.25, -0.2) is 9.59 Å². The van der Waals surface area contributed by atoms with E-state index in [4.69, 9.17) is 13.9 Å². The van der Waals surface area contributed by atoms with Crippen LogP contribution in [0.1, 0.15) is 33.6 Å². The molecule has 1 fully saturated rings. The van der Waals surface area contributed by atoms with Crippen molar-refractivity contribution in [1.29, 1.82) is 0 Å². The van der Waals surface area contributed by atoms with Gasteiger partial charge in [-0.1, -0.05) is 12.1 Å². The number of esters is 1. The van der Waals surface area contributed by atoms with Gasteiger partial charge in [-0.05, 0) is 59.1 Å². The molecule has 30 heavy (non-hydrogen) atoms. The molecule has 8 heteroatoms. The van der Waals surface area contributed by atoms with Crippen molar-refractivity contribution in [3.05, 3.63) is 74.6 Å². The number of nitrogens with one attached hydrogen (secondary N) is 1. The van der Waals surface area contributed by atoms with Gasteiger partial charge >= 0.3 is 11.6 Å². The van der Waals surface area contributed by atoms with Gasteiger partial charge in [0, 0.05) is 29.1 Å². The maximum absolute atomic E-state index is 12.4. The van der Waals surface area contributed by atoms with Crippen molar-refractivity contribution >= 4 is 38.8 Å². The van der Waals surface area contributed by atoms with Crippen LogP contribution in [0.15, 0.2) is 62.2 Å². The van der Waals surface area contributed by atoms with Gasteiger partial charge in [0.1, 0.15) is 16.9 Å². The zero-order chi connectivity index (χ0) is 21.1. The summed E-state index contributed by atoms with van der Waals surface area (Å²) >= 11 is 3.31. The third-order valence-electron chi connectivity index (χ3n) is 4.77. The molecule has 1 aromatic heterocycles. The monoisotopic (exact) mass is 471 g/mol. The van der Waals surface area contributed by atoms with Crippen LogP contribution in [0.3, 0.4) is 0 Å². The Morgan fingerprint density at radius 1 is 1.13 bits per heavy atom.